The van der Waals surface area contributed by atoms with E-state index in [0.717, 1.165) is 11.0 Å². The van der Waals surface area contributed by atoms with Gasteiger partial charge in [0.1, 0.15) is 0 Å². The van der Waals surface area contributed by atoms with Crippen molar-refractivity contribution in [1.82, 2.24) is 0 Å². The predicted molar refractivity (Wildman–Crippen MR) is 84.0 cm³/mol. The Hall–Kier alpha value is 0.01000. The smallest absolute Gasteiger partial charge is 0.0339 e. The van der Waals surface area contributed by atoms with Gasteiger partial charge in [0.15, 0.2) is 0 Å². The molecule has 1 nitrogen and oxygen atoms in total. The molecule has 0 saturated heterocycles. The van der Waals surface area contributed by atoms with E-state index in [0.29, 0.717) is 5.41 Å². The van der Waals surface area contributed by atoms with Crippen LogP contribution in [0.15, 0.2) is 33.6 Å². The molecular weight excluding hydrogens is 306 g/mol. The lowest BCUT2D eigenvalue weighted by Gasteiger charge is -2.55. The normalized spacial score (nSPS) is 20.4. The van der Waals surface area contributed by atoms with Gasteiger partial charge in [-0.2, -0.15) is 0 Å². The van der Waals surface area contributed by atoms with Crippen LogP contribution < -0.4 is 5.73 Å². The fraction of sp³-hybridized carbons (Fsp3) is 0.600. The fourth-order valence-electron chi connectivity index (χ4n) is 3.10. The zero-order valence-electron chi connectivity index (χ0n) is 11.2. The molecule has 0 unspecified atom stereocenters. The summed E-state index contributed by atoms with van der Waals surface area (Å²) in [4.78, 5) is 1.33. The Morgan fingerprint density at radius 1 is 1.28 bits per heavy atom. The van der Waals surface area contributed by atoms with Gasteiger partial charge in [-0.25, -0.2) is 0 Å². The Balaban J connectivity index is 2.08. The lowest BCUT2D eigenvalue weighted by Crippen LogP contribution is -2.53. The molecule has 2 N–H and O–H groups in total. The van der Waals surface area contributed by atoms with Crippen molar-refractivity contribution in [2.45, 2.75) is 49.2 Å². The summed E-state index contributed by atoms with van der Waals surface area (Å²) in [5.74, 6) is 0. The number of hydrogen-bond acceptors (Lipinski definition) is 2. The van der Waals surface area contributed by atoms with Gasteiger partial charge in [-0.15, -0.1) is 11.8 Å². The van der Waals surface area contributed by atoms with Crippen molar-refractivity contribution in [3.05, 3.63) is 28.7 Å². The number of benzene rings is 1. The summed E-state index contributed by atoms with van der Waals surface area (Å²) >= 11 is 5.51. The van der Waals surface area contributed by atoms with E-state index < -0.39 is 0 Å². The van der Waals surface area contributed by atoms with E-state index in [1.165, 1.54) is 30.6 Å². The van der Waals surface area contributed by atoms with Crippen LogP contribution in [-0.2, 0) is 0 Å². The van der Waals surface area contributed by atoms with Gasteiger partial charge in [-0.05, 0) is 36.5 Å². The molecule has 3 heteroatoms. The Bertz CT molecular complexity index is 407. The Morgan fingerprint density at radius 3 is 2.44 bits per heavy atom. The molecule has 100 valence electrons. The number of rotatable bonds is 5. The standard InChI is InChI=1S/C15H22BrNS/c1-3-14(4-2)9-15(10-14,11-17)18-13-7-5-6-12(16)8-13/h5-8H,3-4,9-11,17H2,1-2H3. The van der Waals surface area contributed by atoms with E-state index in [-0.39, 0.29) is 4.75 Å². The summed E-state index contributed by atoms with van der Waals surface area (Å²) in [7, 11) is 0. The molecule has 0 aromatic heterocycles. The first-order valence-corrected chi connectivity index (χ1v) is 8.33. The molecular formula is C15H22BrNS. The van der Waals surface area contributed by atoms with Gasteiger partial charge in [0, 0.05) is 20.7 Å². The lowest BCUT2D eigenvalue weighted by molar-refractivity contribution is 0.0750. The Morgan fingerprint density at radius 2 is 1.94 bits per heavy atom. The summed E-state index contributed by atoms with van der Waals surface area (Å²) in [6, 6.07) is 8.55. The van der Waals surface area contributed by atoms with Gasteiger partial charge in [0.2, 0.25) is 0 Å². The number of thioether (sulfide) groups is 1. The fourth-order valence-corrected chi connectivity index (χ4v) is 5.33. The second kappa shape index (κ2) is 5.56. The van der Waals surface area contributed by atoms with Gasteiger partial charge >= 0.3 is 0 Å². The zero-order chi connectivity index (χ0) is 13.2. The first-order valence-electron chi connectivity index (χ1n) is 6.72. The van der Waals surface area contributed by atoms with Crippen LogP contribution in [0.1, 0.15) is 39.5 Å². The molecule has 1 aromatic rings. The molecule has 0 atom stereocenters. The highest BCUT2D eigenvalue weighted by atomic mass is 79.9. The van der Waals surface area contributed by atoms with Crippen LogP contribution in [0.25, 0.3) is 0 Å². The van der Waals surface area contributed by atoms with Gasteiger partial charge in [0.25, 0.3) is 0 Å². The Labute approximate surface area is 123 Å². The van der Waals surface area contributed by atoms with E-state index in [9.17, 15) is 0 Å². The molecule has 18 heavy (non-hydrogen) atoms. The zero-order valence-corrected chi connectivity index (χ0v) is 13.6. The lowest BCUT2D eigenvalue weighted by atomic mass is 9.58. The molecule has 0 bridgehead atoms. The van der Waals surface area contributed by atoms with Crippen molar-refractivity contribution in [2.24, 2.45) is 11.1 Å². The summed E-state index contributed by atoms with van der Waals surface area (Å²) in [6.45, 7) is 5.41. The van der Waals surface area contributed by atoms with Gasteiger partial charge < -0.3 is 5.73 Å². The summed E-state index contributed by atoms with van der Waals surface area (Å²) in [5.41, 5.74) is 6.61. The first-order chi connectivity index (χ1) is 8.57. The monoisotopic (exact) mass is 327 g/mol. The summed E-state index contributed by atoms with van der Waals surface area (Å²) < 4.78 is 1.42. The first kappa shape index (κ1) is 14.4. The molecule has 0 radical (unpaired) electrons. The molecule has 1 fully saturated rings. The third kappa shape index (κ3) is 2.78. The van der Waals surface area contributed by atoms with Crippen LogP contribution in [0.4, 0.5) is 0 Å². The number of hydrogen-bond donors (Lipinski definition) is 1. The van der Waals surface area contributed by atoms with Crippen LogP contribution in [0, 0.1) is 5.41 Å². The highest BCUT2D eigenvalue weighted by Gasteiger charge is 2.52. The van der Waals surface area contributed by atoms with E-state index in [1.807, 2.05) is 11.8 Å². The van der Waals surface area contributed by atoms with Crippen LogP contribution in [0.5, 0.6) is 0 Å². The summed E-state index contributed by atoms with van der Waals surface area (Å²) in [5, 5.41) is 0. The molecule has 0 spiro atoms. The van der Waals surface area contributed by atoms with Crippen molar-refractivity contribution in [2.75, 3.05) is 6.54 Å². The number of halogens is 1. The minimum Gasteiger partial charge on any atom is -0.329 e. The van der Waals surface area contributed by atoms with Crippen molar-refractivity contribution in [3.63, 3.8) is 0 Å². The molecule has 1 saturated carbocycles. The van der Waals surface area contributed by atoms with Crippen LogP contribution in [0.2, 0.25) is 0 Å². The third-order valence-corrected chi connectivity index (χ3v) is 6.27. The summed E-state index contributed by atoms with van der Waals surface area (Å²) in [6.07, 6.45) is 5.09. The highest BCUT2D eigenvalue weighted by Crippen LogP contribution is 2.60. The SMILES string of the molecule is CCC1(CC)CC(CN)(Sc2cccc(Br)c2)C1. The van der Waals surface area contributed by atoms with Gasteiger partial charge in [-0.1, -0.05) is 48.7 Å². The van der Waals surface area contributed by atoms with Gasteiger partial charge in [-0.3, -0.25) is 0 Å². The second-order valence-electron chi connectivity index (χ2n) is 5.51. The minimum absolute atomic E-state index is 0.271. The average molecular weight is 328 g/mol. The van der Waals surface area contributed by atoms with Crippen molar-refractivity contribution >= 4 is 27.7 Å². The van der Waals surface area contributed by atoms with E-state index in [1.54, 1.807) is 0 Å². The molecule has 1 aromatic carbocycles. The van der Waals surface area contributed by atoms with Crippen LogP contribution in [-0.4, -0.2) is 11.3 Å². The molecule has 0 amide bonds. The van der Waals surface area contributed by atoms with E-state index in [4.69, 9.17) is 5.73 Å². The Kier molecular flexibility index (Phi) is 4.45. The minimum atomic E-state index is 0.271. The molecule has 1 aliphatic carbocycles. The highest BCUT2D eigenvalue weighted by molar-refractivity contribution is 9.10. The van der Waals surface area contributed by atoms with Crippen molar-refractivity contribution in [3.8, 4) is 0 Å². The quantitative estimate of drug-likeness (QED) is 0.837. The molecule has 0 heterocycles. The molecule has 0 aliphatic heterocycles. The van der Waals surface area contributed by atoms with Crippen molar-refractivity contribution in [1.29, 1.82) is 0 Å². The van der Waals surface area contributed by atoms with Gasteiger partial charge in [0.05, 0.1) is 0 Å². The second-order valence-corrected chi connectivity index (χ2v) is 7.96. The van der Waals surface area contributed by atoms with E-state index in [2.05, 4.69) is 54.0 Å². The molecule has 2 rings (SSSR count). The maximum Gasteiger partial charge on any atom is 0.0339 e. The van der Waals surface area contributed by atoms with Crippen molar-refractivity contribution < 1.29 is 0 Å². The third-order valence-electron chi connectivity index (χ3n) is 4.40. The average Bonchev–Trinajstić information content (AvgIpc) is 2.33. The topological polar surface area (TPSA) is 26.0 Å². The maximum atomic E-state index is 6.05. The van der Waals surface area contributed by atoms with Crippen LogP contribution in [0.3, 0.4) is 0 Å². The van der Waals surface area contributed by atoms with E-state index >= 15 is 0 Å². The van der Waals surface area contributed by atoms with Crippen LogP contribution >= 0.6 is 27.7 Å². The largest absolute Gasteiger partial charge is 0.329 e. The number of nitrogens with two attached hydrogens (primary N) is 1. The molecule has 1 aliphatic rings. The predicted octanol–water partition coefficient (Wildman–Crippen LogP) is 4.84. The maximum absolute atomic E-state index is 6.05.